The Kier molecular flexibility index (Phi) is 8.42. The Hall–Kier alpha value is -3.38. The smallest absolute Gasteiger partial charge is 0.335 e. The second-order valence-corrected chi connectivity index (χ2v) is 11.5. The molecular formula is C35H44N2O4. The zero-order valence-corrected chi connectivity index (χ0v) is 25.0. The highest BCUT2D eigenvalue weighted by Gasteiger charge is 2.63. The summed E-state index contributed by atoms with van der Waals surface area (Å²) in [6.07, 6.45) is 6.98. The number of carbonyl (C=O) groups excluding carboxylic acids is 1. The molecule has 2 aliphatic heterocycles. The van der Waals surface area contributed by atoms with Gasteiger partial charge in [-0.1, -0.05) is 77.5 Å². The first kappa shape index (κ1) is 29.1. The predicted molar refractivity (Wildman–Crippen MR) is 166 cm³/mol. The number of amides is 1. The molecule has 2 fully saturated rings. The summed E-state index contributed by atoms with van der Waals surface area (Å²) in [6.45, 7) is 15.4. The highest BCUT2D eigenvalue weighted by atomic mass is 16.5. The Morgan fingerprint density at radius 3 is 2.44 bits per heavy atom. The molecule has 6 heteroatoms. The van der Waals surface area contributed by atoms with Crippen molar-refractivity contribution < 1.29 is 19.4 Å². The van der Waals surface area contributed by atoms with Gasteiger partial charge in [0.05, 0.1) is 29.9 Å². The first-order valence-electron chi connectivity index (χ1n) is 15.5. The van der Waals surface area contributed by atoms with Gasteiger partial charge >= 0.3 is 5.97 Å². The number of morpholine rings is 1. The number of hydrogen-bond acceptors (Lipinski definition) is 3. The lowest BCUT2D eigenvalue weighted by molar-refractivity contribution is -0.141. The minimum Gasteiger partial charge on any atom is -0.478 e. The summed E-state index contributed by atoms with van der Waals surface area (Å²) in [5.74, 6) is -0.235. The molecular weight excluding hydrogens is 512 g/mol. The Labute approximate surface area is 244 Å². The fraction of sp³-hybridized carbons (Fsp3) is 0.486. The quantitative estimate of drug-likeness (QED) is 0.309. The molecule has 0 radical (unpaired) electrons. The van der Waals surface area contributed by atoms with Gasteiger partial charge in [-0.2, -0.15) is 0 Å². The molecule has 6 nitrogen and oxygen atoms in total. The van der Waals surface area contributed by atoms with Gasteiger partial charge in [0.25, 0.3) is 0 Å². The molecule has 0 spiro atoms. The number of carboxylic acids is 1. The van der Waals surface area contributed by atoms with E-state index in [1.54, 1.807) is 6.07 Å². The second-order valence-electron chi connectivity index (χ2n) is 11.5. The van der Waals surface area contributed by atoms with Gasteiger partial charge in [0, 0.05) is 42.0 Å². The molecule has 2 aromatic carbocycles. The third-order valence-electron chi connectivity index (χ3n) is 9.21. The van der Waals surface area contributed by atoms with Gasteiger partial charge in [-0.3, -0.25) is 4.79 Å². The number of carboxylic acid groups (broad SMARTS) is 1. The number of rotatable bonds is 8. The van der Waals surface area contributed by atoms with Crippen LogP contribution < -0.4 is 0 Å². The highest BCUT2D eigenvalue weighted by Crippen LogP contribution is 2.66. The van der Waals surface area contributed by atoms with E-state index in [9.17, 15) is 14.7 Å². The summed E-state index contributed by atoms with van der Waals surface area (Å²) < 4.78 is 7.87. The Balaban J connectivity index is 0.00000165. The van der Waals surface area contributed by atoms with Gasteiger partial charge in [0.1, 0.15) is 0 Å². The number of aromatic carboxylic acids is 1. The topological polar surface area (TPSA) is 71.8 Å². The number of carbonyl (C=O) groups is 2. The highest BCUT2D eigenvalue weighted by molar-refractivity contribution is 6.00. The molecule has 1 saturated carbocycles. The third-order valence-corrected chi connectivity index (χ3v) is 9.21. The van der Waals surface area contributed by atoms with Gasteiger partial charge in [-0.05, 0) is 54.0 Å². The zero-order chi connectivity index (χ0) is 29.3. The maximum Gasteiger partial charge on any atom is 0.335 e. The second kappa shape index (κ2) is 11.8. The minimum absolute atomic E-state index is 0.129. The van der Waals surface area contributed by atoms with Gasteiger partial charge < -0.3 is 19.3 Å². The minimum atomic E-state index is -0.930. The predicted octanol–water partition coefficient (Wildman–Crippen LogP) is 7.71. The number of aromatic nitrogens is 1. The molecule has 6 rings (SSSR count). The molecule has 1 aromatic heterocycles. The van der Waals surface area contributed by atoms with E-state index in [1.807, 2.05) is 37.0 Å². The number of benzene rings is 2. The molecule has 1 N–H and O–H groups in total. The van der Waals surface area contributed by atoms with Crippen molar-refractivity contribution >= 4 is 28.9 Å². The largest absolute Gasteiger partial charge is 0.478 e. The van der Waals surface area contributed by atoms with Crippen LogP contribution in [0.25, 0.3) is 28.2 Å². The summed E-state index contributed by atoms with van der Waals surface area (Å²) in [5, 5.41) is 11.0. The Bertz CT molecular complexity index is 1460. The van der Waals surface area contributed by atoms with Crippen LogP contribution in [0.4, 0.5) is 0 Å². The van der Waals surface area contributed by atoms with Crippen molar-refractivity contribution in [3.63, 3.8) is 0 Å². The van der Waals surface area contributed by atoms with Gasteiger partial charge in [-0.15, -0.1) is 0 Å². The molecule has 1 amide bonds. The third kappa shape index (κ3) is 4.90. The van der Waals surface area contributed by atoms with E-state index in [1.165, 1.54) is 22.4 Å². The SMILES string of the molecule is C=Cc1ccc2c(c1)C1CC1(C(=O)N1CCOCC1)Cn1c-2c(C(CCC)CCC)c2ccc(C(=O)O)cc21.CC. The van der Waals surface area contributed by atoms with Crippen LogP contribution in [0.3, 0.4) is 0 Å². The van der Waals surface area contributed by atoms with Crippen LogP contribution in [0, 0.1) is 5.41 Å². The van der Waals surface area contributed by atoms with Crippen molar-refractivity contribution in [2.75, 3.05) is 26.3 Å². The maximum absolute atomic E-state index is 14.2. The maximum atomic E-state index is 14.2. The Morgan fingerprint density at radius 2 is 1.80 bits per heavy atom. The molecule has 218 valence electrons. The van der Waals surface area contributed by atoms with Crippen molar-refractivity contribution in [2.24, 2.45) is 5.41 Å². The molecule has 41 heavy (non-hydrogen) atoms. The van der Waals surface area contributed by atoms with Gasteiger partial charge in [-0.25, -0.2) is 4.79 Å². The summed E-state index contributed by atoms with van der Waals surface area (Å²) in [7, 11) is 0. The van der Waals surface area contributed by atoms with Crippen LogP contribution >= 0.6 is 0 Å². The van der Waals surface area contributed by atoms with Crippen LogP contribution in [0.5, 0.6) is 0 Å². The van der Waals surface area contributed by atoms with E-state index in [4.69, 9.17) is 4.74 Å². The molecule has 0 bridgehead atoms. The number of nitrogens with zero attached hydrogens (tertiary/aromatic N) is 2. The van der Waals surface area contributed by atoms with E-state index >= 15 is 0 Å². The Morgan fingerprint density at radius 1 is 1.10 bits per heavy atom. The molecule has 3 aromatic rings. The first-order valence-corrected chi connectivity index (χ1v) is 15.5. The molecule has 2 atom stereocenters. The van der Waals surface area contributed by atoms with E-state index < -0.39 is 11.4 Å². The standard InChI is InChI=1S/C33H38N2O4.C2H6/c1-4-7-22(8-5-2)29-25-12-10-23(31(36)37)18-28(25)35-20-33(32(38)34-13-15-39-16-14-34)19-27(33)26-17-21(6-3)9-11-24(26)30(29)35;1-2/h6,9-12,17-18,22,27H,3-5,7-8,13-16,19-20H2,1-2H3,(H,36,37);1-2H3. The summed E-state index contributed by atoms with van der Waals surface area (Å²) in [4.78, 5) is 28.3. The average Bonchev–Trinajstić information content (AvgIpc) is 3.68. The van der Waals surface area contributed by atoms with Crippen molar-refractivity contribution in [1.29, 1.82) is 0 Å². The van der Waals surface area contributed by atoms with Crippen LogP contribution in [-0.2, 0) is 16.1 Å². The van der Waals surface area contributed by atoms with E-state index in [0.717, 1.165) is 48.6 Å². The lowest BCUT2D eigenvalue weighted by Crippen LogP contribution is -2.45. The molecule has 2 unspecified atom stereocenters. The van der Waals surface area contributed by atoms with Crippen LogP contribution in [0.1, 0.15) is 98.7 Å². The number of ether oxygens (including phenoxy) is 1. The zero-order valence-electron chi connectivity index (χ0n) is 25.0. The summed E-state index contributed by atoms with van der Waals surface area (Å²) in [5.41, 5.74) is 6.63. The average molecular weight is 557 g/mol. The van der Waals surface area contributed by atoms with E-state index in [0.29, 0.717) is 38.8 Å². The lowest BCUT2D eigenvalue weighted by Gasteiger charge is -2.31. The van der Waals surface area contributed by atoms with Crippen molar-refractivity contribution in [3.05, 3.63) is 65.2 Å². The molecule has 3 heterocycles. The molecule has 1 saturated heterocycles. The summed E-state index contributed by atoms with van der Waals surface area (Å²) in [6, 6.07) is 12.1. The molecule has 3 aliphatic rings. The number of hydrogen-bond donors (Lipinski definition) is 1. The monoisotopic (exact) mass is 556 g/mol. The fourth-order valence-electron chi connectivity index (χ4n) is 7.27. The summed E-state index contributed by atoms with van der Waals surface area (Å²) >= 11 is 0. The van der Waals surface area contributed by atoms with Gasteiger partial charge in [0.15, 0.2) is 0 Å². The van der Waals surface area contributed by atoms with E-state index in [2.05, 4.69) is 43.2 Å². The first-order chi connectivity index (χ1) is 19.9. The lowest BCUT2D eigenvalue weighted by atomic mass is 9.85. The van der Waals surface area contributed by atoms with Crippen LogP contribution in [0.15, 0.2) is 43.0 Å². The number of fused-ring (bicyclic) bond motifs is 7. The fourth-order valence-corrected chi connectivity index (χ4v) is 7.27. The normalized spacial score (nSPS) is 20.8. The molecule has 1 aliphatic carbocycles. The van der Waals surface area contributed by atoms with Crippen LogP contribution in [-0.4, -0.2) is 52.8 Å². The van der Waals surface area contributed by atoms with E-state index in [-0.39, 0.29) is 17.4 Å². The van der Waals surface area contributed by atoms with Crippen molar-refractivity contribution in [1.82, 2.24) is 9.47 Å². The van der Waals surface area contributed by atoms with Crippen molar-refractivity contribution in [2.45, 2.75) is 78.2 Å². The van der Waals surface area contributed by atoms with Crippen molar-refractivity contribution in [3.8, 4) is 11.3 Å². The van der Waals surface area contributed by atoms with Crippen LogP contribution in [0.2, 0.25) is 0 Å². The van der Waals surface area contributed by atoms with Gasteiger partial charge in [0.2, 0.25) is 5.91 Å².